The van der Waals surface area contributed by atoms with Gasteiger partial charge in [0.05, 0.1) is 18.1 Å². The molecule has 24 heavy (non-hydrogen) atoms. The van der Waals surface area contributed by atoms with Crippen molar-refractivity contribution >= 4 is 15.7 Å². The summed E-state index contributed by atoms with van der Waals surface area (Å²) in [6, 6.07) is -0.174. The number of carbonyl (C=O) groups is 1. The summed E-state index contributed by atoms with van der Waals surface area (Å²) in [7, 11) is -3.00. The molecule has 1 atom stereocenters. The first-order chi connectivity index (χ1) is 11.3. The minimum atomic E-state index is -3.00. The topological polar surface area (TPSA) is 92.5 Å². The van der Waals surface area contributed by atoms with Crippen LogP contribution in [-0.4, -0.2) is 61.9 Å². The predicted molar refractivity (Wildman–Crippen MR) is 96.5 cm³/mol. The van der Waals surface area contributed by atoms with Crippen LogP contribution in [0.25, 0.3) is 0 Å². The molecule has 1 heterocycles. The summed E-state index contributed by atoms with van der Waals surface area (Å²) in [6.07, 6.45) is 6.11. The summed E-state index contributed by atoms with van der Waals surface area (Å²) in [5.74, 6) is 0.618. The zero-order chi connectivity index (χ0) is 17.8. The summed E-state index contributed by atoms with van der Waals surface area (Å²) < 4.78 is 23.6. The Balaban J connectivity index is 1.99. The van der Waals surface area contributed by atoms with Crippen LogP contribution in [0.15, 0.2) is 0 Å². The molecule has 1 amide bonds. The summed E-state index contributed by atoms with van der Waals surface area (Å²) in [5, 5.41) is 3.42. The number of amides is 1. The van der Waals surface area contributed by atoms with Gasteiger partial charge < -0.3 is 16.0 Å². The number of sulfone groups is 1. The van der Waals surface area contributed by atoms with Gasteiger partial charge in [0.25, 0.3) is 0 Å². The molecule has 1 unspecified atom stereocenters. The minimum Gasteiger partial charge on any atom is -0.337 e. The molecule has 1 saturated carbocycles. The smallest absolute Gasteiger partial charge is 0.236 e. The van der Waals surface area contributed by atoms with Gasteiger partial charge in [0.2, 0.25) is 5.91 Å². The molecule has 7 heteroatoms. The molecule has 0 spiro atoms. The van der Waals surface area contributed by atoms with Crippen molar-refractivity contribution in [1.29, 1.82) is 0 Å². The Bertz CT molecular complexity index is 527. The van der Waals surface area contributed by atoms with Gasteiger partial charge in [0, 0.05) is 24.7 Å². The molecule has 1 aliphatic carbocycles. The van der Waals surface area contributed by atoms with Crippen molar-refractivity contribution in [3.05, 3.63) is 0 Å². The van der Waals surface area contributed by atoms with E-state index in [4.69, 9.17) is 5.73 Å². The Kier molecular flexibility index (Phi) is 6.67. The molecule has 2 fully saturated rings. The Labute approximate surface area is 146 Å². The van der Waals surface area contributed by atoms with Crippen LogP contribution in [0.2, 0.25) is 0 Å². The third-order valence-corrected chi connectivity index (χ3v) is 7.10. The van der Waals surface area contributed by atoms with Crippen LogP contribution in [0.3, 0.4) is 0 Å². The maximum absolute atomic E-state index is 12.8. The molecule has 2 aliphatic rings. The molecule has 0 aromatic rings. The summed E-state index contributed by atoms with van der Waals surface area (Å²) in [5.41, 5.74) is 5.85. The molecule has 0 aromatic carbocycles. The standard InChI is InChI=1S/C17H33N3O3S/c1-14(2)11-20(15-6-9-24(22,23)12-15)16(21)10-19-17(13-18)7-4-3-5-8-17/h14-15,19H,3-13,18H2,1-2H3. The number of nitrogens with two attached hydrogens (primary N) is 1. The highest BCUT2D eigenvalue weighted by Crippen LogP contribution is 2.27. The number of hydrogen-bond acceptors (Lipinski definition) is 5. The second-order valence-electron chi connectivity index (χ2n) is 7.90. The lowest BCUT2D eigenvalue weighted by Gasteiger charge is -2.38. The molecule has 2 rings (SSSR count). The lowest BCUT2D eigenvalue weighted by Crippen LogP contribution is -2.56. The van der Waals surface area contributed by atoms with Gasteiger partial charge in [-0.25, -0.2) is 8.42 Å². The average Bonchev–Trinajstić information content (AvgIpc) is 2.91. The fraction of sp³-hybridized carbons (Fsp3) is 0.941. The van der Waals surface area contributed by atoms with E-state index in [1.807, 2.05) is 0 Å². The highest BCUT2D eigenvalue weighted by atomic mass is 32.2. The van der Waals surface area contributed by atoms with Crippen molar-refractivity contribution in [3.63, 3.8) is 0 Å². The Morgan fingerprint density at radius 1 is 1.29 bits per heavy atom. The molecule has 0 aromatic heterocycles. The Hall–Kier alpha value is -0.660. The normalized spacial score (nSPS) is 25.8. The van der Waals surface area contributed by atoms with E-state index >= 15 is 0 Å². The van der Waals surface area contributed by atoms with Gasteiger partial charge in [0.1, 0.15) is 0 Å². The molecule has 6 nitrogen and oxygen atoms in total. The fourth-order valence-corrected chi connectivity index (χ4v) is 5.65. The van der Waals surface area contributed by atoms with Crippen LogP contribution in [0.1, 0.15) is 52.4 Å². The highest BCUT2D eigenvalue weighted by Gasteiger charge is 2.36. The van der Waals surface area contributed by atoms with E-state index in [2.05, 4.69) is 19.2 Å². The van der Waals surface area contributed by atoms with Crippen molar-refractivity contribution in [2.75, 3.05) is 31.1 Å². The van der Waals surface area contributed by atoms with Gasteiger partial charge in [-0.2, -0.15) is 0 Å². The molecule has 140 valence electrons. The number of hydrogen-bond donors (Lipinski definition) is 2. The van der Waals surface area contributed by atoms with Crippen molar-refractivity contribution in [2.45, 2.75) is 64.0 Å². The van der Waals surface area contributed by atoms with Gasteiger partial charge in [-0.3, -0.25) is 4.79 Å². The second kappa shape index (κ2) is 8.15. The molecule has 0 bridgehead atoms. The van der Waals surface area contributed by atoms with Gasteiger partial charge in [-0.1, -0.05) is 33.1 Å². The minimum absolute atomic E-state index is 0.00389. The van der Waals surface area contributed by atoms with Gasteiger partial charge in [0.15, 0.2) is 9.84 Å². The SMILES string of the molecule is CC(C)CN(C(=O)CNC1(CN)CCCCC1)C1CCS(=O)(=O)C1. The Morgan fingerprint density at radius 2 is 1.96 bits per heavy atom. The number of carbonyl (C=O) groups excluding carboxylic acids is 1. The first-order valence-electron chi connectivity index (χ1n) is 9.22. The first kappa shape index (κ1) is 19.7. The molecular formula is C17H33N3O3S. The lowest BCUT2D eigenvalue weighted by molar-refractivity contribution is -0.133. The van der Waals surface area contributed by atoms with E-state index in [9.17, 15) is 13.2 Å². The van der Waals surface area contributed by atoms with E-state index < -0.39 is 9.84 Å². The van der Waals surface area contributed by atoms with E-state index in [1.165, 1.54) is 6.42 Å². The average molecular weight is 360 g/mol. The van der Waals surface area contributed by atoms with Crippen LogP contribution in [-0.2, 0) is 14.6 Å². The van der Waals surface area contributed by atoms with Gasteiger partial charge in [-0.05, 0) is 25.2 Å². The molecule has 1 saturated heterocycles. The van der Waals surface area contributed by atoms with Crippen LogP contribution in [0.5, 0.6) is 0 Å². The summed E-state index contributed by atoms with van der Waals surface area (Å²) in [6.45, 7) is 5.51. The summed E-state index contributed by atoms with van der Waals surface area (Å²) in [4.78, 5) is 14.6. The van der Waals surface area contributed by atoms with Gasteiger partial charge in [-0.15, -0.1) is 0 Å². The third-order valence-electron chi connectivity index (χ3n) is 5.35. The van der Waals surface area contributed by atoms with Crippen molar-refractivity contribution in [1.82, 2.24) is 10.2 Å². The van der Waals surface area contributed by atoms with Crippen molar-refractivity contribution in [2.24, 2.45) is 11.7 Å². The van der Waals surface area contributed by atoms with E-state index in [0.717, 1.165) is 25.7 Å². The lowest BCUT2D eigenvalue weighted by atomic mass is 9.81. The Morgan fingerprint density at radius 3 is 2.46 bits per heavy atom. The summed E-state index contributed by atoms with van der Waals surface area (Å²) >= 11 is 0. The third kappa shape index (κ3) is 5.17. The van der Waals surface area contributed by atoms with E-state index in [1.54, 1.807) is 4.90 Å². The van der Waals surface area contributed by atoms with Crippen LogP contribution >= 0.6 is 0 Å². The van der Waals surface area contributed by atoms with Crippen LogP contribution in [0.4, 0.5) is 0 Å². The monoisotopic (exact) mass is 359 g/mol. The highest BCUT2D eigenvalue weighted by molar-refractivity contribution is 7.91. The van der Waals surface area contributed by atoms with Crippen LogP contribution < -0.4 is 11.1 Å². The first-order valence-corrected chi connectivity index (χ1v) is 11.0. The zero-order valence-electron chi connectivity index (χ0n) is 15.1. The zero-order valence-corrected chi connectivity index (χ0v) is 15.9. The second-order valence-corrected chi connectivity index (χ2v) is 10.1. The molecular weight excluding hydrogens is 326 g/mol. The van der Waals surface area contributed by atoms with E-state index in [-0.39, 0.29) is 35.5 Å². The quantitative estimate of drug-likeness (QED) is 0.705. The van der Waals surface area contributed by atoms with E-state index in [0.29, 0.717) is 25.4 Å². The van der Waals surface area contributed by atoms with Gasteiger partial charge >= 0.3 is 0 Å². The van der Waals surface area contributed by atoms with Crippen molar-refractivity contribution < 1.29 is 13.2 Å². The largest absolute Gasteiger partial charge is 0.337 e. The molecule has 3 N–H and O–H groups in total. The molecule has 0 radical (unpaired) electrons. The van der Waals surface area contributed by atoms with Crippen molar-refractivity contribution in [3.8, 4) is 0 Å². The maximum atomic E-state index is 12.8. The number of nitrogens with one attached hydrogen (secondary N) is 1. The number of nitrogens with zero attached hydrogens (tertiary/aromatic N) is 1. The predicted octanol–water partition coefficient (Wildman–Crippen LogP) is 0.909. The fourth-order valence-electron chi connectivity index (χ4n) is 3.92. The van der Waals surface area contributed by atoms with Crippen LogP contribution in [0, 0.1) is 5.92 Å². The maximum Gasteiger partial charge on any atom is 0.236 e. The number of rotatable bonds is 7. The molecule has 1 aliphatic heterocycles.